The molecule has 2 aliphatic rings. The van der Waals surface area contributed by atoms with Crippen LogP contribution in [0.3, 0.4) is 0 Å². The fourth-order valence-corrected chi connectivity index (χ4v) is 13.5. The molecular weight excluding hydrogens is 1220 g/mol. The largest absolute Gasteiger partial charge is 0.465 e. The number of hydroxylamine groups is 1. The van der Waals surface area contributed by atoms with Gasteiger partial charge in [0.05, 0.1) is 32.3 Å². The average molecular weight is 1370 g/mol. The van der Waals surface area contributed by atoms with Crippen molar-refractivity contribution >= 4 is 23.7 Å². The van der Waals surface area contributed by atoms with E-state index in [1.807, 2.05) is 0 Å². The summed E-state index contributed by atoms with van der Waals surface area (Å²) < 4.78 is 23.9. The maximum atomic E-state index is 14.5. The summed E-state index contributed by atoms with van der Waals surface area (Å²) in [7, 11) is 0. The predicted molar refractivity (Wildman–Crippen MR) is 381 cm³/mol. The highest BCUT2D eigenvalue weighted by molar-refractivity contribution is 5.77. The van der Waals surface area contributed by atoms with Crippen LogP contribution < -0.4 is 16.1 Å². The monoisotopic (exact) mass is 1370 g/mol. The Morgan fingerprint density at radius 1 is 0.438 bits per heavy atom. The molecule has 0 bridgehead atoms. The van der Waals surface area contributed by atoms with Gasteiger partial charge in [0.1, 0.15) is 48.7 Å². The Balaban J connectivity index is 2.21. The number of nitrogens with one attached hydrogen (secondary N) is 3. The van der Waals surface area contributed by atoms with E-state index < -0.39 is 98.3 Å². The third-order valence-corrected chi connectivity index (χ3v) is 19.8. The van der Waals surface area contributed by atoms with Gasteiger partial charge in [0.2, 0.25) is 17.7 Å². The van der Waals surface area contributed by atoms with Crippen LogP contribution in [0.5, 0.6) is 0 Å². The van der Waals surface area contributed by atoms with Crippen molar-refractivity contribution in [2.24, 2.45) is 17.8 Å². The maximum absolute atomic E-state index is 14.5. The molecular formula is C77H147N3O16. The van der Waals surface area contributed by atoms with Gasteiger partial charge in [0, 0.05) is 31.8 Å². The molecule has 19 nitrogen and oxygen atoms in total. The third-order valence-electron chi connectivity index (χ3n) is 19.8. The second-order valence-electron chi connectivity index (χ2n) is 29.3. The van der Waals surface area contributed by atoms with E-state index in [9.17, 15) is 54.9 Å². The molecule has 0 unspecified atom stereocenters. The van der Waals surface area contributed by atoms with E-state index in [2.05, 4.69) is 50.7 Å². The number of esters is 1. The molecule has 2 aliphatic heterocycles. The van der Waals surface area contributed by atoms with Crippen molar-refractivity contribution in [3.05, 3.63) is 0 Å². The Labute approximate surface area is 583 Å². The third kappa shape index (κ3) is 44.6. The first-order chi connectivity index (χ1) is 46.6. The fraction of sp³-hybridized carbons (Fsp3) is 0.948. The Kier molecular flexibility index (Phi) is 56.0. The lowest BCUT2D eigenvalue weighted by atomic mass is 9.94. The van der Waals surface area contributed by atoms with Crippen LogP contribution in [0.15, 0.2) is 0 Å². The minimum absolute atomic E-state index is 0.0139. The molecule has 566 valence electrons. The van der Waals surface area contributed by atoms with Gasteiger partial charge in [-0.25, -0.2) is 5.48 Å². The molecule has 3 amide bonds. The Morgan fingerprint density at radius 3 is 1.29 bits per heavy atom. The highest BCUT2D eigenvalue weighted by atomic mass is 16.7. The van der Waals surface area contributed by atoms with E-state index in [0.29, 0.717) is 25.2 Å². The zero-order valence-corrected chi connectivity index (χ0v) is 61.6. The molecule has 10 N–H and O–H groups in total. The van der Waals surface area contributed by atoms with Crippen LogP contribution in [0.1, 0.15) is 356 Å². The van der Waals surface area contributed by atoms with Crippen molar-refractivity contribution in [2.75, 3.05) is 26.4 Å². The van der Waals surface area contributed by atoms with Gasteiger partial charge in [-0.05, 0) is 37.5 Å². The van der Waals surface area contributed by atoms with Gasteiger partial charge in [-0.15, -0.1) is 0 Å². The molecule has 0 aromatic carbocycles. The lowest BCUT2D eigenvalue weighted by molar-refractivity contribution is -0.304. The number of hydrogen-bond donors (Lipinski definition) is 10. The fourth-order valence-electron chi connectivity index (χ4n) is 13.5. The van der Waals surface area contributed by atoms with E-state index in [1.54, 1.807) is 0 Å². The van der Waals surface area contributed by atoms with Gasteiger partial charge < -0.3 is 65.3 Å². The summed E-state index contributed by atoms with van der Waals surface area (Å²) >= 11 is 0. The second kappa shape index (κ2) is 60.1. The second-order valence-corrected chi connectivity index (χ2v) is 29.3. The number of carbonyl (C=O) groups excluding carboxylic acids is 4. The number of hydrogen-bond acceptors (Lipinski definition) is 16. The number of amides is 3. The number of aliphatic hydroxyl groups excluding tert-OH is 7. The summed E-state index contributed by atoms with van der Waals surface area (Å²) in [5, 5.41) is 82.8. The molecule has 0 aromatic rings. The number of rotatable bonds is 65. The number of ether oxygens (including phenoxy) is 4. The SMILES string of the molecule is CCCCCCCCCCCCCCCC(=O)OC[C@H](CCCCCCCCCCCCC)CC(=O)N[C@H]1[C@H](OC[C@H]2O[C@H](O)[C@H](NC(=O)C[C@H](CO)CCCCCCCCCCCCC)[C@@H](O)[C@@H]2O)O[C@H](CO)[C@@H](O)[C@@H]1ONC(=O)C[C@H](O)CCCCCCCCCC(C)C. The molecule has 96 heavy (non-hydrogen) atoms. The zero-order valence-electron chi connectivity index (χ0n) is 61.6. The topological polar surface area (TPSA) is 292 Å². The van der Waals surface area contributed by atoms with E-state index in [0.717, 1.165) is 103 Å². The van der Waals surface area contributed by atoms with Gasteiger partial charge in [-0.1, -0.05) is 304 Å². The van der Waals surface area contributed by atoms with Crippen molar-refractivity contribution in [3.8, 4) is 0 Å². The van der Waals surface area contributed by atoms with Crippen LogP contribution in [0, 0.1) is 17.8 Å². The van der Waals surface area contributed by atoms with Gasteiger partial charge in [0.25, 0.3) is 0 Å². The first kappa shape index (κ1) is 89.5. The molecule has 13 atom stereocenters. The Morgan fingerprint density at radius 2 is 0.844 bits per heavy atom. The summed E-state index contributed by atoms with van der Waals surface area (Å²) in [6.07, 6.45) is 37.2. The molecule has 2 rings (SSSR count). The van der Waals surface area contributed by atoms with Gasteiger partial charge >= 0.3 is 5.97 Å². The molecule has 0 saturated carbocycles. The van der Waals surface area contributed by atoms with E-state index >= 15 is 0 Å². The average Bonchev–Trinajstić information content (AvgIpc) is 0.808. The van der Waals surface area contributed by atoms with Crippen LogP contribution in [0.2, 0.25) is 0 Å². The first-order valence-corrected chi connectivity index (χ1v) is 39.8. The van der Waals surface area contributed by atoms with Crippen LogP contribution in [0.4, 0.5) is 0 Å². The quantitative estimate of drug-likeness (QED) is 0.0154. The van der Waals surface area contributed by atoms with E-state index in [-0.39, 0.29) is 56.7 Å². The molecule has 19 heteroatoms. The van der Waals surface area contributed by atoms with Crippen LogP contribution >= 0.6 is 0 Å². The molecule has 0 radical (unpaired) electrons. The van der Waals surface area contributed by atoms with Crippen LogP contribution in [-0.4, -0.2) is 153 Å². The summed E-state index contributed by atoms with van der Waals surface area (Å²) in [6, 6.07) is -2.86. The molecule has 0 aromatic heterocycles. The number of aliphatic hydroxyl groups is 7. The zero-order chi connectivity index (χ0) is 70.2. The molecule has 0 spiro atoms. The highest BCUT2D eigenvalue weighted by Gasteiger charge is 2.50. The van der Waals surface area contributed by atoms with E-state index in [1.165, 1.54) is 173 Å². The lowest BCUT2D eigenvalue weighted by Crippen LogP contribution is -2.67. The van der Waals surface area contributed by atoms with Crippen molar-refractivity contribution in [1.29, 1.82) is 0 Å². The van der Waals surface area contributed by atoms with Crippen LogP contribution in [0.25, 0.3) is 0 Å². The Hall–Kier alpha value is -2.56. The minimum atomic E-state index is -1.82. The smallest absolute Gasteiger partial charge is 0.305 e. The number of carbonyl (C=O) groups is 4. The Bertz CT molecular complexity index is 1850. The minimum Gasteiger partial charge on any atom is -0.465 e. The van der Waals surface area contributed by atoms with Crippen molar-refractivity contribution < 1.29 is 78.7 Å². The van der Waals surface area contributed by atoms with Gasteiger partial charge in [-0.3, -0.25) is 24.0 Å². The van der Waals surface area contributed by atoms with E-state index in [4.69, 9.17) is 23.8 Å². The summed E-state index contributed by atoms with van der Waals surface area (Å²) in [5.41, 5.74) is 2.35. The molecule has 2 fully saturated rings. The normalized spacial score (nSPS) is 22.3. The van der Waals surface area contributed by atoms with Gasteiger partial charge in [0.15, 0.2) is 12.6 Å². The molecule has 2 heterocycles. The van der Waals surface area contributed by atoms with Crippen molar-refractivity contribution in [3.63, 3.8) is 0 Å². The summed E-state index contributed by atoms with van der Waals surface area (Å²) in [4.78, 5) is 60.4. The summed E-state index contributed by atoms with van der Waals surface area (Å²) in [6.45, 7) is 9.61. The van der Waals surface area contributed by atoms with Crippen LogP contribution in [-0.2, 0) is 43.0 Å². The number of unbranched alkanes of at least 4 members (excludes halogenated alkanes) is 38. The van der Waals surface area contributed by atoms with Gasteiger partial charge in [-0.2, -0.15) is 0 Å². The first-order valence-electron chi connectivity index (χ1n) is 39.8. The molecule has 2 saturated heterocycles. The maximum Gasteiger partial charge on any atom is 0.305 e. The highest BCUT2D eigenvalue weighted by Crippen LogP contribution is 2.29. The standard InChI is InChI=1S/C77H147N3O16/c1-6-9-12-15-18-21-24-25-28-31-37-42-47-52-69(87)92-58-62(50-45-40-35-30-27-23-20-17-14-11-8-3)54-67(85)79-71-75(96-80-68(86)55-63(83)51-46-41-36-32-33-38-43-48-60(4)5)73(89)64(57-82)95-77(71)93-59-65-72(88)74(90)70(76(91)94-65)78-66(84)53-61(56-81)49-44-39-34-29-26-22-19-16-13-10-7-2/h60-65,70-77,81-83,88-91H,6-59H2,1-5H3,(H,78,84)(H,79,85)(H,80,86)/t61-,62-,63-,64-,65-,70-,71-,72-,73-,74-,75-,76+,77-/m1/s1. The molecule has 0 aliphatic carbocycles. The van der Waals surface area contributed by atoms with Crippen molar-refractivity contribution in [2.45, 2.75) is 423 Å². The predicted octanol–water partition coefficient (Wildman–Crippen LogP) is 14.3. The lowest BCUT2D eigenvalue weighted by Gasteiger charge is -2.45. The summed E-state index contributed by atoms with van der Waals surface area (Å²) in [5.74, 6) is -2.12. The van der Waals surface area contributed by atoms with Crippen molar-refractivity contribution in [1.82, 2.24) is 16.1 Å².